The summed E-state index contributed by atoms with van der Waals surface area (Å²) in [6.45, 7) is 5.51. The van der Waals surface area contributed by atoms with Gasteiger partial charge in [-0.25, -0.2) is 4.79 Å². The van der Waals surface area contributed by atoms with Crippen molar-refractivity contribution in [2.24, 2.45) is 0 Å². The Morgan fingerprint density at radius 3 is 2.66 bits per heavy atom. The van der Waals surface area contributed by atoms with Crippen LogP contribution < -0.4 is 14.8 Å². The molecule has 0 bridgehead atoms. The Labute approximate surface area is 170 Å². The van der Waals surface area contributed by atoms with Crippen LogP contribution in [0, 0.1) is 24.0 Å². The molecule has 10 heteroatoms. The van der Waals surface area contributed by atoms with Gasteiger partial charge in [0.25, 0.3) is 5.69 Å². The Balaban J connectivity index is 1.84. The molecule has 3 rings (SSSR count). The molecule has 152 valence electrons. The fourth-order valence-corrected chi connectivity index (χ4v) is 3.77. The number of nitro groups is 1. The Morgan fingerprint density at radius 1 is 1.31 bits per heavy atom. The van der Waals surface area contributed by atoms with Crippen molar-refractivity contribution >= 4 is 40.0 Å². The van der Waals surface area contributed by atoms with E-state index < -0.39 is 16.8 Å². The third kappa shape index (κ3) is 4.21. The molecular formula is C19H18N2O7S. The number of benzene rings is 1. The van der Waals surface area contributed by atoms with Gasteiger partial charge >= 0.3 is 5.97 Å². The summed E-state index contributed by atoms with van der Waals surface area (Å²) < 4.78 is 15.4. The van der Waals surface area contributed by atoms with Crippen LogP contribution in [0.25, 0.3) is 6.08 Å². The summed E-state index contributed by atoms with van der Waals surface area (Å²) in [6, 6.07) is 2.69. The standard InChI is InChI=1S/C19H18N2O7S/c1-4-26-19(23)17-10(2)11(3)29-18(17)20-16(22)6-5-12-7-14-15(28-9-27-14)8-13(12)21(24)25/h5-8H,4,9H2,1-3H3,(H,20,22)/b6-5+. The molecule has 29 heavy (non-hydrogen) atoms. The Bertz CT molecular complexity index is 1030. The lowest BCUT2D eigenvalue weighted by Gasteiger charge is -2.05. The number of nitrogens with zero attached hydrogens (tertiary/aromatic N) is 1. The topological polar surface area (TPSA) is 117 Å². The summed E-state index contributed by atoms with van der Waals surface area (Å²) in [5.41, 5.74) is 1.02. The van der Waals surface area contributed by atoms with Crippen molar-refractivity contribution in [1.82, 2.24) is 0 Å². The molecule has 1 N–H and O–H groups in total. The number of ether oxygens (including phenoxy) is 3. The fourth-order valence-electron chi connectivity index (χ4n) is 2.72. The summed E-state index contributed by atoms with van der Waals surface area (Å²) in [7, 11) is 0. The average Bonchev–Trinajstić information content (AvgIpc) is 3.23. The lowest BCUT2D eigenvalue weighted by molar-refractivity contribution is -0.385. The maximum atomic E-state index is 12.4. The van der Waals surface area contributed by atoms with Gasteiger partial charge in [0.15, 0.2) is 11.5 Å². The first kappa shape index (κ1) is 20.3. The van der Waals surface area contributed by atoms with Crippen molar-refractivity contribution in [3.8, 4) is 11.5 Å². The number of aryl methyl sites for hydroxylation is 1. The number of hydrogen-bond donors (Lipinski definition) is 1. The van der Waals surface area contributed by atoms with E-state index in [0.717, 1.165) is 16.5 Å². The van der Waals surface area contributed by atoms with Crippen molar-refractivity contribution in [3.63, 3.8) is 0 Å². The van der Waals surface area contributed by atoms with E-state index in [0.29, 0.717) is 16.3 Å². The van der Waals surface area contributed by atoms with Crippen LogP contribution in [0.1, 0.15) is 33.3 Å². The van der Waals surface area contributed by atoms with Crippen molar-refractivity contribution in [1.29, 1.82) is 0 Å². The van der Waals surface area contributed by atoms with Crippen LogP contribution in [0.3, 0.4) is 0 Å². The number of fused-ring (bicyclic) bond motifs is 1. The molecule has 0 unspecified atom stereocenters. The van der Waals surface area contributed by atoms with Crippen LogP contribution in [-0.4, -0.2) is 30.2 Å². The number of carbonyl (C=O) groups is 2. The molecule has 0 saturated heterocycles. The molecule has 1 aromatic heterocycles. The number of nitro benzene ring substituents is 1. The highest BCUT2D eigenvalue weighted by atomic mass is 32.1. The van der Waals surface area contributed by atoms with Gasteiger partial charge in [-0.2, -0.15) is 0 Å². The zero-order valence-corrected chi connectivity index (χ0v) is 16.8. The van der Waals surface area contributed by atoms with Crippen molar-refractivity contribution in [2.45, 2.75) is 20.8 Å². The summed E-state index contributed by atoms with van der Waals surface area (Å²) in [5, 5.41) is 14.3. The summed E-state index contributed by atoms with van der Waals surface area (Å²) in [4.78, 5) is 36.2. The average molecular weight is 418 g/mol. The molecule has 1 amide bonds. The van der Waals surface area contributed by atoms with Crippen molar-refractivity contribution in [2.75, 3.05) is 18.7 Å². The summed E-state index contributed by atoms with van der Waals surface area (Å²) >= 11 is 1.26. The first-order chi connectivity index (χ1) is 13.8. The molecule has 0 atom stereocenters. The lowest BCUT2D eigenvalue weighted by atomic mass is 10.1. The molecule has 0 saturated carbocycles. The van der Waals surface area contributed by atoms with Gasteiger partial charge in [-0.1, -0.05) is 0 Å². The maximum Gasteiger partial charge on any atom is 0.341 e. The lowest BCUT2D eigenvalue weighted by Crippen LogP contribution is -2.12. The predicted octanol–water partition coefficient (Wildman–Crippen LogP) is 3.83. The normalized spacial score (nSPS) is 12.2. The second kappa shape index (κ2) is 8.31. The smallest absolute Gasteiger partial charge is 0.341 e. The molecular weight excluding hydrogens is 400 g/mol. The molecule has 0 radical (unpaired) electrons. The van der Waals surface area contributed by atoms with Crippen molar-refractivity contribution < 1.29 is 28.7 Å². The first-order valence-electron chi connectivity index (χ1n) is 8.66. The second-order valence-corrected chi connectivity index (χ2v) is 7.28. The first-order valence-corrected chi connectivity index (χ1v) is 9.47. The number of anilines is 1. The van der Waals surface area contributed by atoms with E-state index in [1.54, 1.807) is 13.8 Å². The highest BCUT2D eigenvalue weighted by molar-refractivity contribution is 7.16. The van der Waals surface area contributed by atoms with Gasteiger partial charge < -0.3 is 19.5 Å². The largest absolute Gasteiger partial charge is 0.462 e. The molecule has 2 heterocycles. The van der Waals surface area contributed by atoms with E-state index in [4.69, 9.17) is 14.2 Å². The Hall–Kier alpha value is -3.40. The van der Waals surface area contributed by atoms with Gasteiger partial charge in [0.2, 0.25) is 12.7 Å². The minimum absolute atomic E-state index is 0.0200. The molecule has 1 aliphatic heterocycles. The molecule has 1 aliphatic rings. The molecule has 0 aliphatic carbocycles. The second-order valence-electron chi connectivity index (χ2n) is 6.05. The number of nitrogens with one attached hydrogen (secondary N) is 1. The van der Waals surface area contributed by atoms with Crippen LogP contribution >= 0.6 is 11.3 Å². The third-order valence-corrected chi connectivity index (χ3v) is 5.36. The zero-order valence-electron chi connectivity index (χ0n) is 15.9. The van der Waals surface area contributed by atoms with Crippen LogP contribution in [0.4, 0.5) is 10.7 Å². The van der Waals surface area contributed by atoms with E-state index in [1.165, 1.54) is 29.5 Å². The van der Waals surface area contributed by atoms with E-state index in [-0.39, 0.29) is 30.4 Å². The van der Waals surface area contributed by atoms with Crippen LogP contribution in [0.2, 0.25) is 0 Å². The predicted molar refractivity (Wildman–Crippen MR) is 107 cm³/mol. The van der Waals surface area contributed by atoms with Gasteiger partial charge in [-0.3, -0.25) is 14.9 Å². The van der Waals surface area contributed by atoms with Gasteiger partial charge in [0, 0.05) is 11.0 Å². The van der Waals surface area contributed by atoms with Crippen LogP contribution in [0.15, 0.2) is 18.2 Å². The molecule has 0 spiro atoms. The van der Waals surface area contributed by atoms with E-state index in [9.17, 15) is 19.7 Å². The SMILES string of the molecule is CCOC(=O)c1c(NC(=O)/C=C/c2cc3c(cc2[N+](=O)[O-])OCO3)sc(C)c1C. The quantitative estimate of drug-likeness (QED) is 0.328. The molecule has 1 aromatic carbocycles. The monoisotopic (exact) mass is 418 g/mol. The molecule has 2 aromatic rings. The third-order valence-electron chi connectivity index (χ3n) is 4.23. The highest BCUT2D eigenvalue weighted by Gasteiger charge is 2.23. The van der Waals surface area contributed by atoms with Gasteiger partial charge in [-0.05, 0) is 38.5 Å². The number of hydrogen-bond acceptors (Lipinski definition) is 8. The maximum absolute atomic E-state index is 12.4. The molecule has 0 fully saturated rings. The molecule has 9 nitrogen and oxygen atoms in total. The summed E-state index contributed by atoms with van der Waals surface area (Å²) in [6.07, 6.45) is 2.47. The van der Waals surface area contributed by atoms with Crippen molar-refractivity contribution in [3.05, 3.63) is 49.9 Å². The van der Waals surface area contributed by atoms with Gasteiger partial charge in [0.1, 0.15) is 5.00 Å². The zero-order chi connectivity index (χ0) is 21.1. The number of amides is 1. The van der Waals surface area contributed by atoms with Gasteiger partial charge in [-0.15, -0.1) is 11.3 Å². The Kier molecular flexibility index (Phi) is 5.83. The van der Waals surface area contributed by atoms with E-state index in [2.05, 4.69) is 5.32 Å². The van der Waals surface area contributed by atoms with E-state index in [1.807, 2.05) is 6.92 Å². The van der Waals surface area contributed by atoms with Crippen LogP contribution in [0.5, 0.6) is 11.5 Å². The number of carbonyl (C=O) groups excluding carboxylic acids is 2. The number of esters is 1. The Morgan fingerprint density at radius 2 is 2.00 bits per heavy atom. The summed E-state index contributed by atoms with van der Waals surface area (Å²) in [5.74, 6) is -0.407. The highest BCUT2D eigenvalue weighted by Crippen LogP contribution is 2.38. The van der Waals surface area contributed by atoms with E-state index >= 15 is 0 Å². The minimum atomic E-state index is -0.565. The fraction of sp³-hybridized carbons (Fsp3) is 0.263. The minimum Gasteiger partial charge on any atom is -0.462 e. The van der Waals surface area contributed by atoms with Crippen LogP contribution in [-0.2, 0) is 9.53 Å². The number of thiophene rings is 1. The van der Waals surface area contributed by atoms with Gasteiger partial charge in [0.05, 0.1) is 28.7 Å². The number of rotatable bonds is 6.